The number of aromatic nitrogens is 1. The number of halogens is 1. The summed E-state index contributed by atoms with van der Waals surface area (Å²) in [5, 5.41) is 3.32. The van der Waals surface area contributed by atoms with Crippen molar-refractivity contribution in [2.24, 2.45) is 0 Å². The van der Waals surface area contributed by atoms with E-state index in [1.165, 1.54) is 0 Å². The molecule has 0 spiro atoms. The van der Waals surface area contributed by atoms with Gasteiger partial charge in [0.1, 0.15) is 6.10 Å². The summed E-state index contributed by atoms with van der Waals surface area (Å²) in [6.07, 6.45) is 4.23. The molecule has 2 rings (SSSR count). The monoisotopic (exact) mass is 270 g/mol. The zero-order valence-corrected chi connectivity index (χ0v) is 10.4. The van der Waals surface area contributed by atoms with Crippen LogP contribution in [0, 0.1) is 6.92 Å². The Balaban J connectivity index is 2.03. The molecular formula is C11H15BrN2O. The number of rotatable bonds is 2. The Kier molecular flexibility index (Phi) is 3.59. The molecule has 0 radical (unpaired) electrons. The van der Waals surface area contributed by atoms with Crippen molar-refractivity contribution < 1.29 is 4.74 Å². The van der Waals surface area contributed by atoms with E-state index in [-0.39, 0.29) is 0 Å². The van der Waals surface area contributed by atoms with Crippen molar-refractivity contribution in [2.75, 3.05) is 13.1 Å². The topological polar surface area (TPSA) is 34.1 Å². The first-order valence-corrected chi connectivity index (χ1v) is 6.04. The molecule has 0 atom stereocenters. The third kappa shape index (κ3) is 2.92. The quantitative estimate of drug-likeness (QED) is 0.896. The van der Waals surface area contributed by atoms with Crippen LogP contribution in [0.25, 0.3) is 0 Å². The number of nitrogens with zero attached hydrogens (tertiary/aromatic N) is 1. The van der Waals surface area contributed by atoms with Gasteiger partial charge in [0, 0.05) is 16.2 Å². The number of nitrogens with one attached hydrogen (secondary N) is 1. The van der Waals surface area contributed by atoms with Crippen molar-refractivity contribution in [2.45, 2.75) is 25.9 Å². The predicted octanol–water partition coefficient (Wildman–Crippen LogP) is 2.28. The molecule has 1 aromatic heterocycles. The Labute approximate surface area is 98.4 Å². The summed E-state index contributed by atoms with van der Waals surface area (Å²) in [7, 11) is 0. The van der Waals surface area contributed by atoms with Crippen LogP contribution in [0.2, 0.25) is 0 Å². The van der Waals surface area contributed by atoms with Gasteiger partial charge < -0.3 is 10.1 Å². The molecule has 1 aliphatic heterocycles. The van der Waals surface area contributed by atoms with Crippen LogP contribution in [0.5, 0.6) is 5.88 Å². The van der Waals surface area contributed by atoms with Crippen LogP contribution in [0.4, 0.5) is 0 Å². The summed E-state index contributed by atoms with van der Waals surface area (Å²) in [5.74, 6) is 0.769. The third-order valence-electron chi connectivity index (χ3n) is 2.56. The fraction of sp³-hybridized carbons (Fsp3) is 0.545. The Hall–Kier alpha value is -0.610. The maximum Gasteiger partial charge on any atom is 0.216 e. The minimum Gasteiger partial charge on any atom is -0.474 e. The average molecular weight is 271 g/mol. The van der Waals surface area contributed by atoms with Gasteiger partial charge in [-0.25, -0.2) is 4.98 Å². The van der Waals surface area contributed by atoms with Gasteiger partial charge in [-0.2, -0.15) is 0 Å². The SMILES string of the molecule is Cc1cc(Br)cnc1OC1CCNCC1. The first-order valence-electron chi connectivity index (χ1n) is 5.25. The van der Waals surface area contributed by atoms with Crippen molar-refractivity contribution in [1.82, 2.24) is 10.3 Å². The molecule has 3 nitrogen and oxygen atoms in total. The van der Waals surface area contributed by atoms with Gasteiger partial charge in [0.15, 0.2) is 0 Å². The second-order valence-electron chi connectivity index (χ2n) is 3.84. The van der Waals surface area contributed by atoms with E-state index in [9.17, 15) is 0 Å². The van der Waals surface area contributed by atoms with Gasteiger partial charge in [-0.05, 0) is 54.9 Å². The van der Waals surface area contributed by atoms with Crippen LogP contribution >= 0.6 is 15.9 Å². The second kappa shape index (κ2) is 4.94. The molecule has 0 bridgehead atoms. The highest BCUT2D eigenvalue weighted by atomic mass is 79.9. The van der Waals surface area contributed by atoms with Crippen LogP contribution in [0.3, 0.4) is 0 Å². The van der Waals surface area contributed by atoms with Gasteiger partial charge >= 0.3 is 0 Å². The maximum atomic E-state index is 5.87. The molecule has 4 heteroatoms. The number of hydrogen-bond acceptors (Lipinski definition) is 3. The molecule has 15 heavy (non-hydrogen) atoms. The van der Waals surface area contributed by atoms with E-state index in [0.717, 1.165) is 41.8 Å². The normalized spacial score (nSPS) is 17.7. The number of aryl methyl sites for hydroxylation is 1. The lowest BCUT2D eigenvalue weighted by Gasteiger charge is -2.23. The molecule has 1 aromatic rings. The van der Waals surface area contributed by atoms with Crippen molar-refractivity contribution in [3.63, 3.8) is 0 Å². The standard InChI is InChI=1S/C11H15BrN2O/c1-8-6-9(12)7-14-11(8)15-10-2-4-13-5-3-10/h6-7,10,13H,2-5H2,1H3. The lowest BCUT2D eigenvalue weighted by Crippen LogP contribution is -2.34. The average Bonchev–Trinajstić information content (AvgIpc) is 2.24. The van der Waals surface area contributed by atoms with Gasteiger partial charge in [-0.15, -0.1) is 0 Å². The first-order chi connectivity index (χ1) is 7.25. The van der Waals surface area contributed by atoms with Crippen LogP contribution < -0.4 is 10.1 Å². The molecule has 1 saturated heterocycles. The highest BCUT2D eigenvalue weighted by molar-refractivity contribution is 9.10. The van der Waals surface area contributed by atoms with Gasteiger partial charge in [0.05, 0.1) is 0 Å². The summed E-state index contributed by atoms with van der Waals surface area (Å²) in [6, 6.07) is 2.03. The van der Waals surface area contributed by atoms with Crippen LogP contribution in [0.15, 0.2) is 16.7 Å². The summed E-state index contributed by atoms with van der Waals surface area (Å²) in [4.78, 5) is 4.28. The number of pyridine rings is 1. The second-order valence-corrected chi connectivity index (χ2v) is 4.76. The molecule has 0 aliphatic carbocycles. The third-order valence-corrected chi connectivity index (χ3v) is 3.00. The summed E-state index contributed by atoms with van der Waals surface area (Å²) in [5.41, 5.74) is 1.09. The van der Waals surface area contributed by atoms with Crippen molar-refractivity contribution >= 4 is 15.9 Å². The summed E-state index contributed by atoms with van der Waals surface area (Å²) in [6.45, 7) is 4.11. The highest BCUT2D eigenvalue weighted by Gasteiger charge is 2.15. The van der Waals surface area contributed by atoms with Crippen LogP contribution in [-0.4, -0.2) is 24.2 Å². The van der Waals surface area contributed by atoms with Crippen LogP contribution in [-0.2, 0) is 0 Å². The summed E-state index contributed by atoms with van der Waals surface area (Å²) < 4.78 is 6.87. The Morgan fingerprint density at radius 3 is 2.87 bits per heavy atom. The van der Waals surface area contributed by atoms with Crippen LogP contribution in [0.1, 0.15) is 18.4 Å². The molecule has 1 fully saturated rings. The molecule has 0 aromatic carbocycles. The minimum absolute atomic E-state index is 0.318. The molecule has 82 valence electrons. The lowest BCUT2D eigenvalue weighted by atomic mass is 10.1. The fourth-order valence-electron chi connectivity index (χ4n) is 1.72. The zero-order valence-electron chi connectivity index (χ0n) is 8.79. The summed E-state index contributed by atoms with van der Waals surface area (Å²) >= 11 is 3.39. The molecular weight excluding hydrogens is 256 g/mol. The molecule has 0 amide bonds. The number of ether oxygens (including phenoxy) is 1. The first kappa shape index (κ1) is 10.9. The van der Waals surface area contributed by atoms with Gasteiger partial charge in [-0.1, -0.05) is 0 Å². The molecule has 1 N–H and O–H groups in total. The van der Waals surface area contributed by atoms with E-state index in [0.29, 0.717) is 6.10 Å². The van der Waals surface area contributed by atoms with E-state index in [1.54, 1.807) is 6.20 Å². The number of hydrogen-bond donors (Lipinski definition) is 1. The van der Waals surface area contributed by atoms with Crippen molar-refractivity contribution in [3.8, 4) is 5.88 Å². The van der Waals surface area contributed by atoms with Crippen molar-refractivity contribution in [1.29, 1.82) is 0 Å². The minimum atomic E-state index is 0.318. The fourth-order valence-corrected chi connectivity index (χ4v) is 2.17. The van der Waals surface area contributed by atoms with Gasteiger partial charge in [0.25, 0.3) is 0 Å². The van der Waals surface area contributed by atoms with E-state index in [2.05, 4.69) is 26.2 Å². The molecule has 2 heterocycles. The number of piperidine rings is 1. The molecule has 1 aliphatic rings. The van der Waals surface area contributed by atoms with Crippen molar-refractivity contribution in [3.05, 3.63) is 22.3 Å². The van der Waals surface area contributed by atoms with E-state index >= 15 is 0 Å². The highest BCUT2D eigenvalue weighted by Crippen LogP contribution is 2.21. The van der Waals surface area contributed by atoms with E-state index in [4.69, 9.17) is 4.74 Å². The maximum absolute atomic E-state index is 5.87. The molecule has 0 unspecified atom stereocenters. The largest absolute Gasteiger partial charge is 0.474 e. The lowest BCUT2D eigenvalue weighted by molar-refractivity contribution is 0.155. The van der Waals surface area contributed by atoms with E-state index < -0.39 is 0 Å². The smallest absolute Gasteiger partial charge is 0.216 e. The Bertz CT molecular complexity index is 337. The predicted molar refractivity (Wildman–Crippen MR) is 63.2 cm³/mol. The van der Waals surface area contributed by atoms with Gasteiger partial charge in [0.2, 0.25) is 5.88 Å². The molecule has 0 saturated carbocycles. The Morgan fingerprint density at radius 1 is 1.47 bits per heavy atom. The Morgan fingerprint density at radius 2 is 2.20 bits per heavy atom. The van der Waals surface area contributed by atoms with E-state index in [1.807, 2.05) is 13.0 Å². The zero-order chi connectivity index (χ0) is 10.7. The van der Waals surface area contributed by atoms with Gasteiger partial charge in [-0.3, -0.25) is 0 Å².